The number of pyridine rings is 1. The van der Waals surface area contributed by atoms with Gasteiger partial charge in [-0.3, -0.25) is 9.82 Å². The van der Waals surface area contributed by atoms with Crippen molar-refractivity contribution in [1.82, 2.24) is 9.87 Å². The highest BCUT2D eigenvalue weighted by molar-refractivity contribution is 7.89. The number of rotatable bonds is 4. The van der Waals surface area contributed by atoms with Crippen LogP contribution in [0.2, 0.25) is 0 Å². The number of hydrogen-bond acceptors (Lipinski definition) is 4. The van der Waals surface area contributed by atoms with Gasteiger partial charge in [0.05, 0.1) is 16.5 Å². The molecule has 1 aliphatic rings. The Bertz CT molecular complexity index is 753. The Morgan fingerprint density at radius 1 is 1.24 bits per heavy atom. The van der Waals surface area contributed by atoms with Crippen molar-refractivity contribution in [3.05, 3.63) is 36.0 Å². The Morgan fingerprint density at radius 2 is 2.00 bits per heavy atom. The predicted octanol–water partition coefficient (Wildman–Crippen LogP) is 2.70. The molecule has 3 rings (SSSR count). The van der Waals surface area contributed by atoms with Crippen LogP contribution >= 0.6 is 0 Å². The zero-order chi connectivity index (χ0) is 14.9. The number of aryl methyl sites for hydroxylation is 1. The summed E-state index contributed by atoms with van der Waals surface area (Å²) in [7, 11) is -3.70. The standard InChI is InChI=1S/C15H18N2O3S/c1-11-8-9-14(13-7-4-10-16-15(11)13)21(18,19)17-20-12-5-2-3-6-12/h4,7-10,12,17H,2-3,5-6H2,1H3. The van der Waals surface area contributed by atoms with E-state index in [2.05, 4.69) is 9.87 Å². The molecule has 0 spiro atoms. The third-order valence-corrected chi connectivity index (χ3v) is 5.10. The minimum Gasteiger partial charge on any atom is -0.284 e. The van der Waals surface area contributed by atoms with E-state index in [0.29, 0.717) is 10.9 Å². The van der Waals surface area contributed by atoms with E-state index in [9.17, 15) is 8.42 Å². The van der Waals surface area contributed by atoms with E-state index in [4.69, 9.17) is 4.84 Å². The number of benzene rings is 1. The van der Waals surface area contributed by atoms with E-state index in [-0.39, 0.29) is 11.0 Å². The molecule has 0 radical (unpaired) electrons. The second-order valence-electron chi connectivity index (χ2n) is 5.39. The molecular formula is C15H18N2O3S. The van der Waals surface area contributed by atoms with Crippen LogP contribution in [0.1, 0.15) is 31.2 Å². The number of sulfonamides is 1. The monoisotopic (exact) mass is 306 g/mol. The largest absolute Gasteiger partial charge is 0.284 e. The van der Waals surface area contributed by atoms with Gasteiger partial charge in [0.2, 0.25) is 0 Å². The molecule has 0 saturated heterocycles. The highest BCUT2D eigenvalue weighted by atomic mass is 32.2. The molecule has 1 saturated carbocycles. The first-order chi connectivity index (χ1) is 10.1. The van der Waals surface area contributed by atoms with Crippen molar-refractivity contribution in [2.24, 2.45) is 0 Å². The third kappa shape index (κ3) is 2.92. The van der Waals surface area contributed by atoms with E-state index in [0.717, 1.165) is 31.2 Å². The van der Waals surface area contributed by atoms with Crippen molar-refractivity contribution in [3.8, 4) is 0 Å². The van der Waals surface area contributed by atoms with E-state index >= 15 is 0 Å². The van der Waals surface area contributed by atoms with Gasteiger partial charge in [0.25, 0.3) is 10.0 Å². The van der Waals surface area contributed by atoms with Crippen LogP contribution < -0.4 is 4.89 Å². The molecule has 1 aromatic heterocycles. The SMILES string of the molecule is Cc1ccc(S(=O)(=O)NOC2CCCC2)c2cccnc12. The van der Waals surface area contributed by atoms with E-state index in [1.54, 1.807) is 30.5 Å². The summed E-state index contributed by atoms with van der Waals surface area (Å²) in [6.45, 7) is 1.91. The Morgan fingerprint density at radius 3 is 2.76 bits per heavy atom. The average molecular weight is 306 g/mol. The Labute approximate surface area is 124 Å². The maximum absolute atomic E-state index is 12.5. The van der Waals surface area contributed by atoms with Crippen molar-refractivity contribution < 1.29 is 13.3 Å². The number of hydrogen-bond donors (Lipinski definition) is 1. The van der Waals surface area contributed by atoms with Gasteiger partial charge < -0.3 is 0 Å². The molecule has 1 heterocycles. The lowest BCUT2D eigenvalue weighted by atomic mass is 10.1. The predicted molar refractivity (Wildman–Crippen MR) is 80.1 cm³/mol. The van der Waals surface area contributed by atoms with Gasteiger partial charge >= 0.3 is 0 Å². The number of fused-ring (bicyclic) bond motifs is 1. The van der Waals surface area contributed by atoms with Crippen LogP contribution in [-0.4, -0.2) is 19.5 Å². The quantitative estimate of drug-likeness (QED) is 0.882. The van der Waals surface area contributed by atoms with Gasteiger partial charge in [-0.15, -0.1) is 0 Å². The zero-order valence-corrected chi connectivity index (χ0v) is 12.7. The fourth-order valence-corrected chi connectivity index (χ4v) is 3.76. The van der Waals surface area contributed by atoms with Gasteiger partial charge in [0.15, 0.2) is 0 Å². The molecule has 5 nitrogen and oxygen atoms in total. The first-order valence-electron chi connectivity index (χ1n) is 7.10. The first-order valence-corrected chi connectivity index (χ1v) is 8.58. The summed E-state index contributed by atoms with van der Waals surface area (Å²) in [5, 5.41) is 0.611. The average Bonchev–Trinajstić information content (AvgIpc) is 2.99. The second kappa shape index (κ2) is 5.71. The molecule has 1 N–H and O–H groups in total. The molecule has 1 aliphatic carbocycles. The molecule has 0 amide bonds. The zero-order valence-electron chi connectivity index (χ0n) is 11.9. The van der Waals surface area contributed by atoms with E-state index in [1.165, 1.54) is 0 Å². The molecule has 0 bridgehead atoms. The highest BCUT2D eigenvalue weighted by Crippen LogP contribution is 2.25. The summed E-state index contributed by atoms with van der Waals surface area (Å²) in [6.07, 6.45) is 5.62. The summed E-state index contributed by atoms with van der Waals surface area (Å²) in [4.78, 5) is 12.1. The van der Waals surface area contributed by atoms with Gasteiger partial charge in [-0.25, -0.2) is 8.42 Å². The molecular weight excluding hydrogens is 288 g/mol. The topological polar surface area (TPSA) is 68.3 Å². The fourth-order valence-electron chi connectivity index (χ4n) is 2.70. The summed E-state index contributed by atoms with van der Waals surface area (Å²) >= 11 is 0. The van der Waals surface area contributed by atoms with Crippen LogP contribution in [0.25, 0.3) is 10.9 Å². The van der Waals surface area contributed by atoms with Gasteiger partial charge in [-0.05, 0) is 43.5 Å². The minimum absolute atomic E-state index is 0.0189. The van der Waals surface area contributed by atoms with E-state index < -0.39 is 10.0 Å². The first kappa shape index (κ1) is 14.4. The lowest BCUT2D eigenvalue weighted by molar-refractivity contribution is 0.0224. The molecule has 2 aromatic rings. The van der Waals surface area contributed by atoms with Crippen molar-refractivity contribution in [2.75, 3.05) is 0 Å². The van der Waals surface area contributed by atoms with E-state index in [1.807, 2.05) is 6.92 Å². The van der Waals surface area contributed by atoms with Crippen LogP contribution in [-0.2, 0) is 14.9 Å². The van der Waals surface area contributed by atoms with Crippen molar-refractivity contribution in [3.63, 3.8) is 0 Å². The lowest BCUT2D eigenvalue weighted by Crippen LogP contribution is -2.28. The molecule has 0 unspecified atom stereocenters. The molecule has 112 valence electrons. The summed E-state index contributed by atoms with van der Waals surface area (Å²) < 4.78 is 24.9. The maximum atomic E-state index is 12.5. The minimum atomic E-state index is -3.70. The van der Waals surface area contributed by atoms with Gasteiger partial charge in [0.1, 0.15) is 0 Å². The summed E-state index contributed by atoms with van der Waals surface area (Å²) in [6, 6.07) is 6.86. The molecule has 1 aromatic carbocycles. The van der Waals surface area contributed by atoms with Crippen molar-refractivity contribution in [1.29, 1.82) is 0 Å². The maximum Gasteiger partial charge on any atom is 0.263 e. The second-order valence-corrected chi connectivity index (χ2v) is 7.00. The third-order valence-electron chi connectivity index (χ3n) is 3.85. The van der Waals surface area contributed by atoms with Gasteiger partial charge in [0, 0.05) is 11.6 Å². The fraction of sp³-hybridized carbons (Fsp3) is 0.400. The van der Waals surface area contributed by atoms with Crippen molar-refractivity contribution >= 4 is 20.9 Å². The highest BCUT2D eigenvalue weighted by Gasteiger charge is 2.22. The van der Waals surface area contributed by atoms with Crippen LogP contribution in [0.15, 0.2) is 35.4 Å². The summed E-state index contributed by atoms with van der Waals surface area (Å²) in [5.74, 6) is 0. The number of aromatic nitrogens is 1. The number of nitrogens with zero attached hydrogens (tertiary/aromatic N) is 1. The number of nitrogens with one attached hydrogen (secondary N) is 1. The molecule has 0 atom stereocenters. The molecule has 21 heavy (non-hydrogen) atoms. The Hall–Kier alpha value is -1.50. The van der Waals surface area contributed by atoms with Gasteiger partial charge in [-0.2, -0.15) is 0 Å². The Balaban J connectivity index is 1.93. The Kier molecular flexibility index (Phi) is 3.93. The smallest absolute Gasteiger partial charge is 0.263 e. The summed E-state index contributed by atoms with van der Waals surface area (Å²) in [5.41, 5.74) is 1.64. The molecule has 6 heteroatoms. The lowest BCUT2D eigenvalue weighted by Gasteiger charge is -2.13. The van der Waals surface area contributed by atoms with Crippen LogP contribution in [0.5, 0.6) is 0 Å². The van der Waals surface area contributed by atoms with Crippen LogP contribution in [0.3, 0.4) is 0 Å². The van der Waals surface area contributed by atoms with Crippen molar-refractivity contribution in [2.45, 2.75) is 43.6 Å². The van der Waals surface area contributed by atoms with Crippen LogP contribution in [0.4, 0.5) is 0 Å². The molecule has 1 fully saturated rings. The molecule has 0 aliphatic heterocycles. The van der Waals surface area contributed by atoms with Gasteiger partial charge in [-0.1, -0.05) is 23.8 Å². The van der Waals surface area contributed by atoms with Crippen LogP contribution in [0, 0.1) is 6.92 Å². The normalized spacial score (nSPS) is 16.6.